The molecule has 284 valence electrons. The molecular weight excluding hydrogens is 729 g/mol. The molecule has 11 rings (SSSR count). The van der Waals surface area contributed by atoms with Crippen molar-refractivity contribution in [3.63, 3.8) is 0 Å². The van der Waals surface area contributed by atoms with E-state index in [4.69, 9.17) is 4.42 Å². The molecule has 0 atom stereocenters. The summed E-state index contributed by atoms with van der Waals surface area (Å²) in [7, 11) is 0. The first-order valence-corrected chi connectivity index (χ1v) is 20.5. The normalized spacial score (nSPS) is 11.4. The van der Waals surface area contributed by atoms with Crippen molar-refractivity contribution in [1.82, 2.24) is 0 Å². The highest BCUT2D eigenvalue weighted by atomic mass is 16.3. The van der Waals surface area contributed by atoms with Crippen molar-refractivity contribution in [2.24, 2.45) is 0 Å². The molecule has 60 heavy (non-hydrogen) atoms. The molecule has 0 saturated heterocycles. The summed E-state index contributed by atoms with van der Waals surface area (Å²) in [5.74, 6) is 0. The predicted octanol–water partition coefficient (Wildman–Crippen LogP) is 16.0. The van der Waals surface area contributed by atoms with Gasteiger partial charge in [-0.05, 0) is 122 Å². The number of para-hydroxylation sites is 3. The SMILES string of the molecule is c1ccc(-c2ccccc2-c2ccccc2CN(c2ccccc2)c2cccc(N(c3ccccc3)c3ccc4ccc5cc6oc7ccccc7c6cc5c4c3)c2)cc1. The lowest BCUT2D eigenvalue weighted by molar-refractivity contribution is 0.669. The van der Waals surface area contributed by atoms with Crippen LogP contribution in [0, 0.1) is 0 Å². The molecule has 0 amide bonds. The van der Waals surface area contributed by atoms with Gasteiger partial charge in [-0.1, -0.05) is 158 Å². The first-order valence-electron chi connectivity index (χ1n) is 20.5. The summed E-state index contributed by atoms with van der Waals surface area (Å²) < 4.78 is 6.29. The van der Waals surface area contributed by atoms with E-state index in [1.807, 2.05) is 12.1 Å². The molecule has 0 N–H and O–H groups in total. The van der Waals surface area contributed by atoms with Crippen LogP contribution in [0.2, 0.25) is 0 Å². The molecule has 1 heterocycles. The van der Waals surface area contributed by atoms with E-state index in [1.165, 1.54) is 44.0 Å². The van der Waals surface area contributed by atoms with Crippen LogP contribution in [0.1, 0.15) is 5.56 Å². The van der Waals surface area contributed by atoms with Crippen molar-refractivity contribution in [3.8, 4) is 22.3 Å². The lowest BCUT2D eigenvalue weighted by Gasteiger charge is -2.30. The third kappa shape index (κ3) is 6.43. The summed E-state index contributed by atoms with van der Waals surface area (Å²) in [4.78, 5) is 4.81. The van der Waals surface area contributed by atoms with E-state index in [0.717, 1.165) is 55.8 Å². The zero-order valence-corrected chi connectivity index (χ0v) is 32.9. The molecule has 0 radical (unpaired) electrons. The van der Waals surface area contributed by atoms with Crippen LogP contribution in [0.15, 0.2) is 235 Å². The summed E-state index contributed by atoms with van der Waals surface area (Å²) in [6.07, 6.45) is 0. The summed E-state index contributed by atoms with van der Waals surface area (Å²) in [6, 6.07) is 82.8. The highest BCUT2D eigenvalue weighted by Crippen LogP contribution is 2.42. The van der Waals surface area contributed by atoms with Crippen LogP contribution in [0.5, 0.6) is 0 Å². The molecule has 0 aliphatic rings. The summed E-state index contributed by atoms with van der Waals surface area (Å²) >= 11 is 0. The van der Waals surface area contributed by atoms with Gasteiger partial charge in [-0.15, -0.1) is 0 Å². The number of benzene rings is 10. The average Bonchev–Trinajstić information content (AvgIpc) is 3.69. The summed E-state index contributed by atoms with van der Waals surface area (Å²) in [5, 5.41) is 7.03. The highest BCUT2D eigenvalue weighted by molar-refractivity contribution is 6.17. The fraction of sp³-hybridized carbons (Fsp3) is 0.0175. The molecule has 11 aromatic rings. The van der Waals surface area contributed by atoms with E-state index >= 15 is 0 Å². The number of anilines is 5. The zero-order valence-electron chi connectivity index (χ0n) is 32.9. The van der Waals surface area contributed by atoms with E-state index < -0.39 is 0 Å². The smallest absolute Gasteiger partial charge is 0.136 e. The Labute approximate surface area is 349 Å². The van der Waals surface area contributed by atoms with E-state index in [9.17, 15) is 0 Å². The largest absolute Gasteiger partial charge is 0.456 e. The zero-order chi connectivity index (χ0) is 39.8. The van der Waals surface area contributed by atoms with Gasteiger partial charge in [0.25, 0.3) is 0 Å². The topological polar surface area (TPSA) is 19.6 Å². The monoisotopic (exact) mass is 768 g/mol. The van der Waals surface area contributed by atoms with Gasteiger partial charge in [0.05, 0.1) is 0 Å². The van der Waals surface area contributed by atoms with Gasteiger partial charge in [-0.2, -0.15) is 0 Å². The average molecular weight is 769 g/mol. The maximum absolute atomic E-state index is 6.29. The number of furan rings is 1. The van der Waals surface area contributed by atoms with Crippen LogP contribution < -0.4 is 9.80 Å². The standard InChI is InChI=1S/C57H40N2O/c1-4-17-40(18-5-1)49-26-12-13-28-51(49)50-27-11-10-19-43(50)39-58(44-20-6-2-7-21-44)46-24-16-25-47(36-46)59(45-22-8-3-9-23-45)48-34-33-41-31-32-42-35-57-55(38-54(42)53(41)37-48)52-29-14-15-30-56(52)60-57/h1-38H,39H2. The Balaban J connectivity index is 1.04. The molecule has 3 nitrogen and oxygen atoms in total. The molecule has 0 spiro atoms. The molecule has 0 aliphatic carbocycles. The van der Waals surface area contributed by atoms with Crippen LogP contribution in [0.3, 0.4) is 0 Å². The molecule has 10 aromatic carbocycles. The molecule has 1 aromatic heterocycles. The molecule has 3 heteroatoms. The van der Waals surface area contributed by atoms with Gasteiger partial charge in [0, 0.05) is 45.8 Å². The highest BCUT2D eigenvalue weighted by Gasteiger charge is 2.19. The van der Waals surface area contributed by atoms with Gasteiger partial charge in [0.1, 0.15) is 11.2 Å². The second-order valence-electron chi connectivity index (χ2n) is 15.3. The molecule has 0 bridgehead atoms. The number of rotatable bonds is 9. The van der Waals surface area contributed by atoms with E-state index in [2.05, 4.69) is 228 Å². The first kappa shape index (κ1) is 35.3. The molecular formula is C57H40N2O. The molecule has 0 aliphatic heterocycles. The fourth-order valence-corrected chi connectivity index (χ4v) is 8.84. The van der Waals surface area contributed by atoms with Gasteiger partial charge in [-0.25, -0.2) is 0 Å². The van der Waals surface area contributed by atoms with Crippen molar-refractivity contribution in [2.45, 2.75) is 6.54 Å². The predicted molar refractivity (Wildman–Crippen MR) is 253 cm³/mol. The maximum Gasteiger partial charge on any atom is 0.136 e. The minimum Gasteiger partial charge on any atom is -0.456 e. The fourth-order valence-electron chi connectivity index (χ4n) is 8.84. The Hall–Kier alpha value is -7.88. The lowest BCUT2D eigenvalue weighted by Crippen LogP contribution is -2.18. The van der Waals surface area contributed by atoms with Crippen LogP contribution in [-0.2, 0) is 6.54 Å². The maximum atomic E-state index is 6.29. The third-order valence-electron chi connectivity index (χ3n) is 11.7. The van der Waals surface area contributed by atoms with Gasteiger partial charge in [0.2, 0.25) is 0 Å². The van der Waals surface area contributed by atoms with E-state index in [1.54, 1.807) is 0 Å². The Morgan fingerprint density at radius 1 is 0.317 bits per heavy atom. The minimum absolute atomic E-state index is 0.678. The van der Waals surface area contributed by atoms with Crippen molar-refractivity contribution in [3.05, 3.63) is 236 Å². The Morgan fingerprint density at radius 3 is 1.72 bits per heavy atom. The van der Waals surface area contributed by atoms with Crippen LogP contribution in [-0.4, -0.2) is 0 Å². The van der Waals surface area contributed by atoms with Gasteiger partial charge < -0.3 is 14.2 Å². The van der Waals surface area contributed by atoms with Gasteiger partial charge in [0.15, 0.2) is 0 Å². The van der Waals surface area contributed by atoms with Crippen LogP contribution >= 0.6 is 0 Å². The summed E-state index contributed by atoms with van der Waals surface area (Å²) in [6.45, 7) is 0.678. The first-order chi connectivity index (χ1) is 29.7. The Bertz CT molecular complexity index is 3300. The van der Waals surface area contributed by atoms with Crippen LogP contribution in [0.25, 0.3) is 65.7 Å². The Morgan fingerprint density at radius 2 is 0.900 bits per heavy atom. The Kier molecular flexibility index (Phi) is 8.90. The second-order valence-corrected chi connectivity index (χ2v) is 15.3. The third-order valence-corrected chi connectivity index (χ3v) is 11.7. The molecule has 0 fully saturated rings. The van der Waals surface area contributed by atoms with Gasteiger partial charge in [-0.3, -0.25) is 0 Å². The quantitative estimate of drug-likeness (QED) is 0.136. The molecule has 0 saturated carbocycles. The van der Waals surface area contributed by atoms with Crippen molar-refractivity contribution >= 4 is 71.9 Å². The number of hydrogen-bond acceptors (Lipinski definition) is 3. The lowest BCUT2D eigenvalue weighted by atomic mass is 9.91. The van der Waals surface area contributed by atoms with E-state index in [-0.39, 0.29) is 0 Å². The number of nitrogens with zero attached hydrogens (tertiary/aromatic N) is 2. The molecule has 0 unspecified atom stereocenters. The number of hydrogen-bond donors (Lipinski definition) is 0. The van der Waals surface area contributed by atoms with Crippen molar-refractivity contribution < 1.29 is 4.42 Å². The van der Waals surface area contributed by atoms with Crippen molar-refractivity contribution in [1.29, 1.82) is 0 Å². The van der Waals surface area contributed by atoms with Crippen LogP contribution in [0.4, 0.5) is 28.4 Å². The second kappa shape index (κ2) is 15.1. The minimum atomic E-state index is 0.678. The number of fused-ring (bicyclic) bond motifs is 6. The van der Waals surface area contributed by atoms with E-state index in [0.29, 0.717) is 6.54 Å². The van der Waals surface area contributed by atoms with Crippen molar-refractivity contribution in [2.75, 3.05) is 9.80 Å². The summed E-state index contributed by atoms with van der Waals surface area (Å²) in [5.41, 5.74) is 13.4. The van der Waals surface area contributed by atoms with Gasteiger partial charge >= 0.3 is 0 Å².